The van der Waals surface area contributed by atoms with Gasteiger partial charge in [-0.3, -0.25) is 15.5 Å². The van der Waals surface area contributed by atoms with E-state index in [2.05, 4.69) is 10.9 Å². The maximum Gasteiger partial charge on any atom is 0.269 e. The van der Waals surface area contributed by atoms with Crippen molar-refractivity contribution >= 4 is 15.5 Å². The van der Waals surface area contributed by atoms with Crippen LogP contribution in [0.4, 0.5) is 5.69 Å². The van der Waals surface area contributed by atoms with Crippen LogP contribution in [0.25, 0.3) is 0 Å². The summed E-state index contributed by atoms with van der Waals surface area (Å²) in [6.45, 7) is 0.320. The van der Waals surface area contributed by atoms with E-state index in [1.165, 1.54) is 18.4 Å². The molecular weight excluding hydrogens is 258 g/mol. The zero-order chi connectivity index (χ0) is 13.3. The van der Waals surface area contributed by atoms with E-state index in [-0.39, 0.29) is 11.7 Å². The van der Waals surface area contributed by atoms with Gasteiger partial charge in [0.05, 0.1) is 16.2 Å². The fourth-order valence-electron chi connectivity index (χ4n) is 1.98. The Morgan fingerprint density at radius 1 is 1.33 bits per heavy atom. The normalized spacial score (nSPS) is 24.1. The molecule has 1 fully saturated rings. The Labute approximate surface area is 104 Å². The predicted molar refractivity (Wildman–Crippen MR) is 65.6 cm³/mol. The van der Waals surface area contributed by atoms with Gasteiger partial charge in [0.2, 0.25) is 0 Å². The van der Waals surface area contributed by atoms with Crippen molar-refractivity contribution in [3.8, 4) is 0 Å². The van der Waals surface area contributed by atoms with Crippen molar-refractivity contribution in [2.45, 2.75) is 11.3 Å². The van der Waals surface area contributed by atoms with Gasteiger partial charge < -0.3 is 0 Å². The van der Waals surface area contributed by atoms with Crippen LogP contribution in [0.2, 0.25) is 0 Å². The molecule has 1 aliphatic rings. The van der Waals surface area contributed by atoms with Crippen LogP contribution < -0.4 is 10.9 Å². The highest BCUT2D eigenvalue weighted by molar-refractivity contribution is 7.91. The van der Waals surface area contributed by atoms with Gasteiger partial charge in [-0.05, 0) is 5.56 Å². The number of sulfone groups is 1. The van der Waals surface area contributed by atoms with E-state index in [4.69, 9.17) is 0 Å². The molecule has 0 saturated carbocycles. The molecule has 1 saturated heterocycles. The lowest BCUT2D eigenvalue weighted by Gasteiger charge is -2.16. The summed E-state index contributed by atoms with van der Waals surface area (Å²) < 4.78 is 23.2. The highest BCUT2D eigenvalue weighted by Crippen LogP contribution is 2.25. The lowest BCUT2D eigenvalue weighted by Crippen LogP contribution is -2.29. The van der Waals surface area contributed by atoms with Gasteiger partial charge >= 0.3 is 0 Å². The number of rotatable bonds is 3. The molecule has 1 heterocycles. The third-order valence-electron chi connectivity index (χ3n) is 2.95. The number of nitro groups is 1. The quantitative estimate of drug-likeness (QED) is 0.599. The highest BCUT2D eigenvalue weighted by atomic mass is 32.2. The molecule has 0 aliphatic carbocycles. The first kappa shape index (κ1) is 12.9. The van der Waals surface area contributed by atoms with Crippen molar-refractivity contribution in [2.75, 3.05) is 12.8 Å². The van der Waals surface area contributed by atoms with Gasteiger partial charge in [0.15, 0.2) is 9.84 Å². The summed E-state index contributed by atoms with van der Waals surface area (Å²) >= 11 is 0. The van der Waals surface area contributed by atoms with Gasteiger partial charge in [-0.15, -0.1) is 0 Å². The molecule has 0 bridgehead atoms. The molecule has 1 aromatic rings. The molecule has 0 radical (unpaired) electrons. The van der Waals surface area contributed by atoms with Gasteiger partial charge in [0.25, 0.3) is 5.69 Å². The monoisotopic (exact) mass is 271 g/mol. The van der Waals surface area contributed by atoms with Crippen LogP contribution in [-0.2, 0) is 9.84 Å². The summed E-state index contributed by atoms with van der Waals surface area (Å²) in [6.07, 6.45) is 1.19. The van der Waals surface area contributed by atoms with E-state index in [0.29, 0.717) is 12.1 Å². The van der Waals surface area contributed by atoms with Gasteiger partial charge in [-0.2, -0.15) is 0 Å². The number of nitrogens with zero attached hydrogens (tertiary/aromatic N) is 1. The Bertz CT molecular complexity index is 555. The topological polar surface area (TPSA) is 101 Å². The summed E-state index contributed by atoms with van der Waals surface area (Å²) in [5, 5.41) is 9.97. The number of hydrogen-bond donors (Lipinski definition) is 2. The molecule has 2 atom stereocenters. The smallest absolute Gasteiger partial charge is 0.258 e. The number of hydrazine groups is 1. The van der Waals surface area contributed by atoms with Gasteiger partial charge in [-0.1, -0.05) is 12.1 Å². The average Bonchev–Trinajstić information content (AvgIpc) is 2.77. The van der Waals surface area contributed by atoms with E-state index in [0.717, 1.165) is 0 Å². The van der Waals surface area contributed by atoms with E-state index >= 15 is 0 Å². The van der Waals surface area contributed by atoms with Gasteiger partial charge in [-0.25, -0.2) is 13.8 Å². The van der Waals surface area contributed by atoms with Crippen molar-refractivity contribution < 1.29 is 13.3 Å². The van der Waals surface area contributed by atoms with E-state index in [1.807, 2.05) is 0 Å². The first-order valence-electron chi connectivity index (χ1n) is 5.31. The lowest BCUT2D eigenvalue weighted by atomic mass is 10.1. The van der Waals surface area contributed by atoms with Crippen LogP contribution in [0, 0.1) is 10.1 Å². The Balaban J connectivity index is 2.28. The Kier molecular flexibility index (Phi) is 3.33. The summed E-state index contributed by atoms with van der Waals surface area (Å²) in [5.74, 6) is 0. The third kappa shape index (κ3) is 2.50. The number of hydrogen-bond acceptors (Lipinski definition) is 6. The number of non-ortho nitro benzene ring substituents is 1. The first-order chi connectivity index (χ1) is 8.39. The Morgan fingerprint density at radius 2 is 1.94 bits per heavy atom. The van der Waals surface area contributed by atoms with Crippen LogP contribution in [0.5, 0.6) is 0 Å². The van der Waals surface area contributed by atoms with E-state index < -0.39 is 20.0 Å². The van der Waals surface area contributed by atoms with Crippen molar-refractivity contribution in [1.82, 2.24) is 10.9 Å². The largest absolute Gasteiger partial charge is 0.269 e. The van der Waals surface area contributed by atoms with Crippen LogP contribution in [0.15, 0.2) is 24.3 Å². The molecule has 0 aromatic heterocycles. The maximum atomic E-state index is 11.6. The first-order valence-corrected chi connectivity index (χ1v) is 7.26. The fourth-order valence-corrected chi connectivity index (χ4v) is 3.09. The predicted octanol–water partition coefficient (Wildman–Crippen LogP) is 0.157. The molecule has 0 amide bonds. The van der Waals surface area contributed by atoms with Crippen molar-refractivity contribution in [3.05, 3.63) is 39.9 Å². The SMILES string of the molecule is CS(=O)(=O)C1CNNC1c1ccc([N+](=O)[O-])cc1. The van der Waals surface area contributed by atoms with Crippen molar-refractivity contribution in [1.29, 1.82) is 0 Å². The molecule has 98 valence electrons. The molecule has 1 aromatic carbocycles. The molecule has 1 aliphatic heterocycles. The standard InChI is InChI=1S/C10H13N3O4S/c1-18(16,17)9-6-11-12-10(9)7-2-4-8(5-3-7)13(14)15/h2-5,9-12H,6H2,1H3. The minimum absolute atomic E-state index is 0.0133. The zero-order valence-electron chi connectivity index (χ0n) is 9.66. The molecule has 8 heteroatoms. The lowest BCUT2D eigenvalue weighted by molar-refractivity contribution is -0.384. The second-order valence-corrected chi connectivity index (χ2v) is 6.48. The molecular formula is C10H13N3O4S. The molecule has 2 N–H and O–H groups in total. The summed E-state index contributed by atoms with van der Waals surface area (Å²) in [5.41, 5.74) is 6.38. The summed E-state index contributed by atoms with van der Waals surface area (Å²) in [7, 11) is -3.19. The Morgan fingerprint density at radius 3 is 2.44 bits per heavy atom. The summed E-state index contributed by atoms with van der Waals surface area (Å²) in [4.78, 5) is 10.1. The molecule has 18 heavy (non-hydrogen) atoms. The highest BCUT2D eigenvalue weighted by Gasteiger charge is 2.35. The van der Waals surface area contributed by atoms with Crippen molar-refractivity contribution in [3.63, 3.8) is 0 Å². The minimum atomic E-state index is -3.19. The third-order valence-corrected chi connectivity index (χ3v) is 4.48. The molecule has 0 spiro atoms. The van der Waals surface area contributed by atoms with Crippen LogP contribution >= 0.6 is 0 Å². The number of benzene rings is 1. The van der Waals surface area contributed by atoms with Crippen LogP contribution in [-0.4, -0.2) is 31.4 Å². The van der Waals surface area contributed by atoms with E-state index in [9.17, 15) is 18.5 Å². The molecule has 2 unspecified atom stereocenters. The Hall–Kier alpha value is -1.51. The minimum Gasteiger partial charge on any atom is -0.258 e. The van der Waals surface area contributed by atoms with Gasteiger partial charge in [0.1, 0.15) is 0 Å². The zero-order valence-corrected chi connectivity index (χ0v) is 10.5. The van der Waals surface area contributed by atoms with Gasteiger partial charge in [0, 0.05) is 24.9 Å². The summed E-state index contributed by atoms with van der Waals surface area (Å²) in [6, 6.07) is 5.49. The molecule has 7 nitrogen and oxygen atoms in total. The van der Waals surface area contributed by atoms with Crippen LogP contribution in [0.3, 0.4) is 0 Å². The molecule has 2 rings (SSSR count). The second-order valence-electron chi connectivity index (χ2n) is 4.22. The average molecular weight is 271 g/mol. The number of nitrogens with one attached hydrogen (secondary N) is 2. The van der Waals surface area contributed by atoms with Crippen molar-refractivity contribution in [2.24, 2.45) is 0 Å². The second kappa shape index (κ2) is 4.63. The maximum absolute atomic E-state index is 11.6. The fraction of sp³-hybridized carbons (Fsp3) is 0.400. The number of nitro benzene ring substituents is 1. The van der Waals surface area contributed by atoms with E-state index in [1.54, 1.807) is 12.1 Å². The van der Waals surface area contributed by atoms with Crippen LogP contribution in [0.1, 0.15) is 11.6 Å².